The van der Waals surface area contributed by atoms with Crippen LogP contribution in [-0.4, -0.2) is 31.3 Å². The Morgan fingerprint density at radius 2 is 1.88 bits per heavy atom. The molecule has 0 spiro atoms. The van der Waals surface area contributed by atoms with E-state index in [4.69, 9.17) is 28.9 Å². The Hall–Kier alpha value is -3.69. The quantitative estimate of drug-likeness (QED) is 0.335. The number of nitrogens with one attached hydrogen (secondary N) is 2. The van der Waals surface area contributed by atoms with Gasteiger partial charge in [-0.15, -0.1) is 0 Å². The Kier molecular flexibility index (Phi) is 6.17. The van der Waals surface area contributed by atoms with Crippen LogP contribution in [0.25, 0.3) is 11.0 Å². The van der Waals surface area contributed by atoms with E-state index >= 15 is 0 Å². The number of nitrogens with two attached hydrogens (primary N) is 1. The Labute approximate surface area is 198 Å². The zero-order chi connectivity index (χ0) is 23.7. The molecule has 4 rings (SSSR count). The highest BCUT2D eigenvalue weighted by Gasteiger charge is 2.22. The Morgan fingerprint density at radius 3 is 2.61 bits per heavy atom. The largest absolute Gasteiger partial charge is 0.383 e. The molecule has 1 aromatic carbocycles. The summed E-state index contributed by atoms with van der Waals surface area (Å²) in [6.07, 6.45) is 3.05. The molecule has 11 heteroatoms. The van der Waals surface area contributed by atoms with Gasteiger partial charge in [0.1, 0.15) is 29.3 Å². The molecular weight excluding hydrogens is 465 g/mol. The summed E-state index contributed by atoms with van der Waals surface area (Å²) in [5.74, 6) is 0.0159. The molecule has 0 fully saturated rings. The van der Waals surface area contributed by atoms with Gasteiger partial charge in [0.05, 0.1) is 21.7 Å². The molecule has 33 heavy (non-hydrogen) atoms. The van der Waals surface area contributed by atoms with E-state index < -0.39 is 6.03 Å². The molecule has 0 saturated heterocycles. The minimum Gasteiger partial charge on any atom is -0.383 e. The van der Waals surface area contributed by atoms with Crippen LogP contribution in [0.3, 0.4) is 0 Å². The van der Waals surface area contributed by atoms with E-state index in [0.29, 0.717) is 27.3 Å². The fourth-order valence-corrected chi connectivity index (χ4v) is 3.76. The van der Waals surface area contributed by atoms with Crippen molar-refractivity contribution in [1.29, 1.82) is 0 Å². The smallest absolute Gasteiger partial charge is 0.324 e. The van der Waals surface area contributed by atoms with E-state index in [1.807, 2.05) is 18.4 Å². The third-order valence-electron chi connectivity index (χ3n) is 4.84. The zero-order valence-corrected chi connectivity index (χ0v) is 19.1. The van der Waals surface area contributed by atoms with Crippen molar-refractivity contribution in [2.75, 3.05) is 16.4 Å². The molecular formula is C22H19Cl2N7O2. The van der Waals surface area contributed by atoms with Gasteiger partial charge >= 0.3 is 6.03 Å². The summed E-state index contributed by atoms with van der Waals surface area (Å²) < 4.78 is 1.85. The summed E-state index contributed by atoms with van der Waals surface area (Å²) in [5.41, 5.74) is 7.46. The number of carbonyl (C=O) groups is 2. The first-order chi connectivity index (χ1) is 15.7. The van der Waals surface area contributed by atoms with E-state index in [1.54, 1.807) is 36.5 Å². The highest BCUT2D eigenvalue weighted by atomic mass is 35.5. The van der Waals surface area contributed by atoms with Gasteiger partial charge in [0.2, 0.25) is 5.78 Å². The molecule has 0 saturated carbocycles. The predicted octanol–water partition coefficient (Wildman–Crippen LogP) is 5.17. The number of nitrogen functional groups attached to an aromatic ring is 1. The Balaban J connectivity index is 1.60. The number of benzene rings is 1. The van der Waals surface area contributed by atoms with E-state index in [9.17, 15) is 9.59 Å². The number of anilines is 3. The van der Waals surface area contributed by atoms with Crippen molar-refractivity contribution in [3.8, 4) is 0 Å². The van der Waals surface area contributed by atoms with Crippen LogP contribution in [0.1, 0.15) is 35.9 Å². The van der Waals surface area contributed by atoms with Crippen molar-refractivity contribution in [2.45, 2.75) is 19.9 Å². The van der Waals surface area contributed by atoms with Crippen molar-refractivity contribution >= 4 is 63.4 Å². The number of hydrogen-bond acceptors (Lipinski definition) is 6. The van der Waals surface area contributed by atoms with Gasteiger partial charge in [-0.3, -0.25) is 10.1 Å². The average molecular weight is 484 g/mol. The van der Waals surface area contributed by atoms with Crippen molar-refractivity contribution < 1.29 is 9.59 Å². The number of carbonyl (C=O) groups excluding carboxylic acids is 2. The van der Waals surface area contributed by atoms with Crippen LogP contribution in [0.2, 0.25) is 10.0 Å². The number of urea groups is 1. The lowest BCUT2D eigenvalue weighted by molar-refractivity contribution is 0.103. The first kappa shape index (κ1) is 22.5. The van der Waals surface area contributed by atoms with Crippen LogP contribution in [0, 0.1) is 0 Å². The summed E-state index contributed by atoms with van der Waals surface area (Å²) in [6, 6.07) is 8.90. The summed E-state index contributed by atoms with van der Waals surface area (Å²) in [4.78, 5) is 38.3. The second-order valence-electron chi connectivity index (χ2n) is 7.44. The molecule has 4 N–H and O–H groups in total. The molecule has 0 atom stereocenters. The highest BCUT2D eigenvalue weighted by Crippen LogP contribution is 2.28. The maximum Gasteiger partial charge on any atom is 0.324 e. The molecule has 3 heterocycles. The number of pyridine rings is 1. The Morgan fingerprint density at radius 1 is 1.09 bits per heavy atom. The maximum absolute atomic E-state index is 13.3. The van der Waals surface area contributed by atoms with Crippen molar-refractivity contribution in [3.05, 3.63) is 70.2 Å². The van der Waals surface area contributed by atoms with E-state index in [2.05, 4.69) is 25.6 Å². The molecule has 0 aliphatic carbocycles. The number of fused-ring (bicyclic) bond motifs is 1. The number of rotatable bonds is 5. The number of halogens is 2. The predicted molar refractivity (Wildman–Crippen MR) is 129 cm³/mol. The van der Waals surface area contributed by atoms with E-state index in [0.717, 1.165) is 0 Å². The molecule has 0 aliphatic heterocycles. The normalized spacial score (nSPS) is 11.1. The Bertz CT molecular complexity index is 1380. The minimum absolute atomic E-state index is 0.0488. The second-order valence-corrected chi connectivity index (χ2v) is 8.29. The van der Waals surface area contributed by atoms with Crippen LogP contribution in [0.15, 0.2) is 48.9 Å². The van der Waals surface area contributed by atoms with Crippen LogP contribution in [0.5, 0.6) is 0 Å². The number of amides is 2. The molecule has 168 valence electrons. The van der Waals surface area contributed by atoms with Crippen molar-refractivity contribution in [1.82, 2.24) is 19.5 Å². The van der Waals surface area contributed by atoms with Gasteiger partial charge in [0, 0.05) is 17.3 Å². The lowest BCUT2D eigenvalue weighted by Gasteiger charge is -2.09. The molecule has 4 aromatic rings. The van der Waals surface area contributed by atoms with Gasteiger partial charge in [-0.05, 0) is 44.2 Å². The number of ketones is 1. The van der Waals surface area contributed by atoms with Gasteiger partial charge in [0.15, 0.2) is 0 Å². The van der Waals surface area contributed by atoms with E-state index in [-0.39, 0.29) is 34.2 Å². The topological polar surface area (TPSA) is 128 Å². The van der Waals surface area contributed by atoms with Crippen molar-refractivity contribution in [2.24, 2.45) is 0 Å². The summed E-state index contributed by atoms with van der Waals surface area (Å²) >= 11 is 12.0. The fraction of sp³-hybridized carbons (Fsp3) is 0.136. The molecule has 0 bridgehead atoms. The van der Waals surface area contributed by atoms with Crippen LogP contribution in [0.4, 0.5) is 22.1 Å². The summed E-state index contributed by atoms with van der Waals surface area (Å²) in [7, 11) is 0. The van der Waals surface area contributed by atoms with Gasteiger partial charge < -0.3 is 15.6 Å². The van der Waals surface area contributed by atoms with Crippen molar-refractivity contribution in [3.63, 3.8) is 0 Å². The molecule has 3 aromatic heterocycles. The third kappa shape index (κ3) is 4.59. The van der Waals surface area contributed by atoms with Crippen LogP contribution < -0.4 is 16.4 Å². The molecule has 9 nitrogen and oxygen atoms in total. The monoisotopic (exact) mass is 483 g/mol. The third-order valence-corrected chi connectivity index (χ3v) is 5.39. The SMILES string of the molecule is CC(C)n1cc(C(=O)c2cccc(NC(=O)Nc3ccc(Cl)cc3Cl)n2)c2c(N)ncnc21. The van der Waals surface area contributed by atoms with Crippen LogP contribution >= 0.6 is 23.2 Å². The number of nitrogens with zero attached hydrogens (tertiary/aromatic N) is 4. The molecule has 0 aliphatic rings. The average Bonchev–Trinajstić information content (AvgIpc) is 3.17. The molecule has 0 unspecified atom stereocenters. The fourth-order valence-electron chi connectivity index (χ4n) is 3.30. The first-order valence-electron chi connectivity index (χ1n) is 9.90. The zero-order valence-electron chi connectivity index (χ0n) is 17.6. The lowest BCUT2D eigenvalue weighted by atomic mass is 10.1. The summed E-state index contributed by atoms with van der Waals surface area (Å²) in [6.45, 7) is 3.95. The van der Waals surface area contributed by atoms with Gasteiger partial charge in [-0.2, -0.15) is 0 Å². The van der Waals surface area contributed by atoms with Gasteiger partial charge in [-0.1, -0.05) is 29.3 Å². The first-order valence-corrected chi connectivity index (χ1v) is 10.7. The van der Waals surface area contributed by atoms with Gasteiger partial charge in [0.25, 0.3) is 0 Å². The minimum atomic E-state index is -0.578. The second kappa shape index (κ2) is 9.05. The molecule has 2 amide bonds. The number of hydrogen-bond donors (Lipinski definition) is 3. The highest BCUT2D eigenvalue weighted by molar-refractivity contribution is 6.36. The maximum atomic E-state index is 13.3. The molecule has 0 radical (unpaired) electrons. The summed E-state index contributed by atoms with van der Waals surface area (Å²) in [5, 5.41) is 6.40. The van der Waals surface area contributed by atoms with Gasteiger partial charge in [-0.25, -0.2) is 19.7 Å². The number of aromatic nitrogens is 4. The standard InChI is InChI=1S/C22H19Cl2N7O2/c1-11(2)31-9-13(18-20(25)26-10-27-21(18)31)19(32)16-4-3-5-17(28-16)30-22(33)29-15-7-6-12(23)8-14(15)24/h3-11H,1-2H3,(H2,25,26,27)(H2,28,29,30,33). The van der Waals surface area contributed by atoms with Crippen LogP contribution in [-0.2, 0) is 0 Å². The lowest BCUT2D eigenvalue weighted by Crippen LogP contribution is -2.20. The van der Waals surface area contributed by atoms with E-state index in [1.165, 1.54) is 12.4 Å².